The molecule has 1 fully saturated rings. The first kappa shape index (κ1) is 22.6. The van der Waals surface area contributed by atoms with Gasteiger partial charge in [0.05, 0.1) is 40.3 Å². The standard InChI is InChI=1S/C20H34N2.2HI/c1-21(2,15-16-22(3)13-7-4-8-14-22)20-12-11-18-9-5-6-10-19(18)17-20;;/h5-6,9-10,20H,4,7-8,11-17H2,1-3H3;2*1H/q+2;;/p-2. The van der Waals surface area contributed by atoms with Crippen molar-refractivity contribution in [3.05, 3.63) is 35.4 Å². The third-order valence-electron chi connectivity index (χ3n) is 6.42. The molecule has 2 nitrogen and oxygen atoms in total. The summed E-state index contributed by atoms with van der Waals surface area (Å²) in [5.74, 6) is 0. The fourth-order valence-corrected chi connectivity index (χ4v) is 4.46. The Bertz CT molecular complexity index is 510. The SMILES string of the molecule is C[N+]1(CC[N+](C)(C)C2CCc3ccccc3C2)CCCCC1.[I-].[I-]. The van der Waals surface area contributed by atoms with Gasteiger partial charge in [-0.1, -0.05) is 24.3 Å². The molecule has 0 N–H and O–H groups in total. The number of fused-ring (bicyclic) bond motifs is 1. The third-order valence-corrected chi connectivity index (χ3v) is 6.42. The van der Waals surface area contributed by atoms with Crippen LogP contribution in [0.5, 0.6) is 0 Å². The molecular weight excluding hydrogens is 522 g/mol. The van der Waals surface area contributed by atoms with Gasteiger partial charge in [-0.3, -0.25) is 0 Å². The summed E-state index contributed by atoms with van der Waals surface area (Å²) in [5.41, 5.74) is 3.19. The van der Waals surface area contributed by atoms with Gasteiger partial charge in [0.25, 0.3) is 0 Å². The van der Waals surface area contributed by atoms with Crippen LogP contribution >= 0.6 is 0 Å². The molecule has 2 aliphatic rings. The molecule has 1 aromatic carbocycles. The molecule has 0 saturated carbocycles. The van der Waals surface area contributed by atoms with Gasteiger partial charge in [0.15, 0.2) is 0 Å². The van der Waals surface area contributed by atoms with E-state index in [1.165, 1.54) is 73.7 Å². The number of rotatable bonds is 4. The van der Waals surface area contributed by atoms with E-state index in [0.717, 1.165) is 6.04 Å². The molecule has 1 unspecified atom stereocenters. The fourth-order valence-electron chi connectivity index (χ4n) is 4.46. The molecule has 1 heterocycles. The molecule has 1 saturated heterocycles. The Balaban J connectivity index is 0.00000144. The van der Waals surface area contributed by atoms with Gasteiger partial charge in [0.2, 0.25) is 0 Å². The molecule has 1 aliphatic heterocycles. The van der Waals surface area contributed by atoms with Gasteiger partial charge in [0, 0.05) is 12.8 Å². The lowest BCUT2D eigenvalue weighted by atomic mass is 9.86. The summed E-state index contributed by atoms with van der Waals surface area (Å²) in [6.07, 6.45) is 8.21. The minimum atomic E-state index is 0. The fraction of sp³-hybridized carbons (Fsp3) is 0.700. The maximum absolute atomic E-state index is 2.48. The topological polar surface area (TPSA) is 0 Å². The van der Waals surface area contributed by atoms with Crippen LogP contribution in [0.3, 0.4) is 0 Å². The van der Waals surface area contributed by atoms with Crippen molar-refractivity contribution in [1.29, 1.82) is 0 Å². The van der Waals surface area contributed by atoms with Crippen molar-refractivity contribution in [2.24, 2.45) is 0 Å². The summed E-state index contributed by atoms with van der Waals surface area (Å²) in [5, 5.41) is 0. The Morgan fingerprint density at radius 3 is 2.29 bits per heavy atom. The van der Waals surface area contributed by atoms with Gasteiger partial charge >= 0.3 is 0 Å². The molecule has 4 heteroatoms. The Morgan fingerprint density at radius 2 is 1.62 bits per heavy atom. The van der Waals surface area contributed by atoms with Crippen LogP contribution in [-0.2, 0) is 12.8 Å². The molecule has 24 heavy (non-hydrogen) atoms. The highest BCUT2D eigenvalue weighted by Crippen LogP contribution is 2.27. The van der Waals surface area contributed by atoms with Gasteiger partial charge in [0.1, 0.15) is 13.1 Å². The van der Waals surface area contributed by atoms with E-state index in [0.29, 0.717) is 0 Å². The van der Waals surface area contributed by atoms with Crippen LogP contribution in [0.1, 0.15) is 36.8 Å². The summed E-state index contributed by atoms with van der Waals surface area (Å²) in [6, 6.07) is 9.87. The van der Waals surface area contributed by atoms with Crippen LogP contribution in [0.15, 0.2) is 24.3 Å². The van der Waals surface area contributed by atoms with Gasteiger partial charge in [-0.25, -0.2) is 0 Å². The van der Waals surface area contributed by atoms with E-state index in [2.05, 4.69) is 45.4 Å². The summed E-state index contributed by atoms with van der Waals surface area (Å²) in [6.45, 7) is 5.47. The van der Waals surface area contributed by atoms with E-state index in [9.17, 15) is 0 Å². The van der Waals surface area contributed by atoms with Crippen molar-refractivity contribution in [3.63, 3.8) is 0 Å². The zero-order valence-corrected chi connectivity index (χ0v) is 19.9. The van der Waals surface area contributed by atoms with Crippen molar-refractivity contribution in [2.75, 3.05) is 47.3 Å². The first-order valence-corrected chi connectivity index (χ1v) is 9.22. The highest BCUT2D eigenvalue weighted by Gasteiger charge is 2.35. The van der Waals surface area contributed by atoms with Crippen molar-refractivity contribution < 1.29 is 56.9 Å². The third kappa shape index (κ3) is 5.55. The molecule has 1 aliphatic carbocycles. The highest BCUT2D eigenvalue weighted by atomic mass is 127. The van der Waals surface area contributed by atoms with Crippen LogP contribution in [0.4, 0.5) is 0 Å². The zero-order chi connectivity index (χ0) is 15.6. The van der Waals surface area contributed by atoms with Gasteiger partial charge in [-0.15, -0.1) is 0 Å². The van der Waals surface area contributed by atoms with Crippen LogP contribution < -0.4 is 48.0 Å². The lowest BCUT2D eigenvalue weighted by Gasteiger charge is -2.44. The first-order chi connectivity index (χ1) is 10.5. The van der Waals surface area contributed by atoms with E-state index >= 15 is 0 Å². The molecule has 0 radical (unpaired) electrons. The molecule has 1 atom stereocenters. The smallest absolute Gasteiger partial charge is 0.128 e. The van der Waals surface area contributed by atoms with Crippen LogP contribution in [0.25, 0.3) is 0 Å². The summed E-state index contributed by atoms with van der Waals surface area (Å²) < 4.78 is 2.51. The molecular formula is C20H34I2N2. The predicted octanol–water partition coefficient (Wildman–Crippen LogP) is -2.74. The van der Waals surface area contributed by atoms with Crippen molar-refractivity contribution in [3.8, 4) is 0 Å². The number of quaternary nitrogens is 2. The van der Waals surface area contributed by atoms with Crippen LogP contribution in [-0.4, -0.2) is 62.3 Å². The number of likely N-dealkylation sites (tertiary alicyclic amines) is 1. The lowest BCUT2D eigenvalue weighted by molar-refractivity contribution is -0.968. The average molecular weight is 556 g/mol. The number of hydrogen-bond acceptors (Lipinski definition) is 0. The zero-order valence-electron chi connectivity index (χ0n) is 15.6. The second kappa shape index (κ2) is 9.51. The Labute approximate surface area is 183 Å². The van der Waals surface area contributed by atoms with Gasteiger partial charge in [-0.05, 0) is 36.8 Å². The number of nitrogens with zero attached hydrogens (tertiary/aromatic N) is 2. The van der Waals surface area contributed by atoms with E-state index in [1.807, 2.05) is 0 Å². The van der Waals surface area contributed by atoms with Crippen molar-refractivity contribution in [2.45, 2.75) is 44.6 Å². The van der Waals surface area contributed by atoms with E-state index in [-0.39, 0.29) is 48.0 Å². The number of halogens is 2. The Morgan fingerprint density at radius 1 is 1.00 bits per heavy atom. The number of aryl methyl sites for hydroxylation is 1. The summed E-state index contributed by atoms with van der Waals surface area (Å²) >= 11 is 0. The maximum Gasteiger partial charge on any atom is 0.128 e. The first-order valence-electron chi connectivity index (χ1n) is 9.22. The molecule has 138 valence electrons. The second-order valence-corrected chi connectivity index (χ2v) is 8.52. The molecule has 3 rings (SSSR count). The molecule has 0 aromatic heterocycles. The molecule has 1 aromatic rings. The second-order valence-electron chi connectivity index (χ2n) is 8.52. The Hall–Kier alpha value is 0.600. The lowest BCUT2D eigenvalue weighted by Crippen LogP contribution is -3.00. The van der Waals surface area contributed by atoms with Crippen molar-refractivity contribution >= 4 is 0 Å². The molecule has 0 bridgehead atoms. The maximum atomic E-state index is 2.48. The number of hydrogen-bond donors (Lipinski definition) is 0. The number of likely N-dealkylation sites (N-methyl/N-ethyl adjacent to an activating group) is 2. The van der Waals surface area contributed by atoms with Gasteiger partial charge in [-0.2, -0.15) is 0 Å². The highest BCUT2D eigenvalue weighted by molar-refractivity contribution is 5.29. The molecule has 0 spiro atoms. The van der Waals surface area contributed by atoms with E-state index < -0.39 is 0 Å². The van der Waals surface area contributed by atoms with Crippen molar-refractivity contribution in [1.82, 2.24) is 0 Å². The minimum Gasteiger partial charge on any atom is -1.00 e. The monoisotopic (exact) mass is 556 g/mol. The van der Waals surface area contributed by atoms with E-state index in [1.54, 1.807) is 11.1 Å². The number of piperidine rings is 1. The predicted molar refractivity (Wildman–Crippen MR) is 93.9 cm³/mol. The molecule has 0 amide bonds. The minimum absolute atomic E-state index is 0. The normalized spacial score (nSPS) is 22.7. The van der Waals surface area contributed by atoms with Crippen LogP contribution in [0, 0.1) is 0 Å². The van der Waals surface area contributed by atoms with E-state index in [4.69, 9.17) is 0 Å². The average Bonchev–Trinajstić information content (AvgIpc) is 2.53. The summed E-state index contributed by atoms with van der Waals surface area (Å²) in [7, 11) is 7.42. The Kier molecular flexibility index (Phi) is 8.97. The number of benzene rings is 1. The quantitative estimate of drug-likeness (QED) is 0.279. The largest absolute Gasteiger partial charge is 1.00 e. The van der Waals surface area contributed by atoms with Gasteiger partial charge < -0.3 is 56.9 Å². The van der Waals surface area contributed by atoms with Crippen LogP contribution in [0.2, 0.25) is 0 Å². The summed E-state index contributed by atoms with van der Waals surface area (Å²) in [4.78, 5) is 0.